The van der Waals surface area contributed by atoms with Gasteiger partial charge < -0.3 is 4.74 Å². The summed E-state index contributed by atoms with van der Waals surface area (Å²) in [6.45, 7) is 6.45. The van der Waals surface area contributed by atoms with Gasteiger partial charge in [0.1, 0.15) is 17.4 Å². The Bertz CT molecular complexity index is 1130. The number of unbranched alkanes of at least 4 members (excludes halogenated alkanes) is 1. The Balaban J connectivity index is 1.69. The third kappa shape index (κ3) is 4.74. The summed E-state index contributed by atoms with van der Waals surface area (Å²) >= 11 is 6.36. The molecule has 0 amide bonds. The normalized spacial score (nSPS) is 11.4. The highest BCUT2D eigenvalue weighted by Gasteiger charge is 2.11. The van der Waals surface area contributed by atoms with Crippen molar-refractivity contribution in [3.63, 3.8) is 0 Å². The standard InChI is InChI=1S/C21H23ClN4O3/c1-4-5-11-26-20(22)17(15(3)24-26)8-9-19(28)29-13-16-12-18(27)25-10-6-7-14(2)21(25)23-16/h6-10,12H,4-5,11,13H2,1-3H3/b9-8+. The molecule has 0 atom stereocenters. The van der Waals surface area contributed by atoms with Crippen LogP contribution in [0.4, 0.5) is 0 Å². The minimum absolute atomic E-state index is 0.0915. The Hall–Kier alpha value is -2.93. The smallest absolute Gasteiger partial charge is 0.331 e. The molecule has 3 heterocycles. The second kappa shape index (κ2) is 9.05. The zero-order chi connectivity index (χ0) is 21.0. The lowest BCUT2D eigenvalue weighted by atomic mass is 10.2. The number of rotatable bonds is 7. The van der Waals surface area contributed by atoms with Crippen LogP contribution in [0.2, 0.25) is 5.15 Å². The Morgan fingerprint density at radius 1 is 1.34 bits per heavy atom. The van der Waals surface area contributed by atoms with E-state index >= 15 is 0 Å². The van der Waals surface area contributed by atoms with Gasteiger partial charge in [-0.15, -0.1) is 0 Å². The van der Waals surface area contributed by atoms with Crippen LogP contribution in [-0.2, 0) is 22.7 Å². The van der Waals surface area contributed by atoms with Gasteiger partial charge in [0.15, 0.2) is 0 Å². The molecule has 0 radical (unpaired) electrons. The number of aromatic nitrogens is 4. The van der Waals surface area contributed by atoms with E-state index in [2.05, 4.69) is 17.0 Å². The molecule has 0 aliphatic carbocycles. The van der Waals surface area contributed by atoms with Crippen LogP contribution in [0, 0.1) is 13.8 Å². The topological polar surface area (TPSA) is 78.5 Å². The van der Waals surface area contributed by atoms with E-state index in [0.717, 1.165) is 30.6 Å². The largest absolute Gasteiger partial charge is 0.456 e. The molecule has 0 bridgehead atoms. The van der Waals surface area contributed by atoms with Gasteiger partial charge >= 0.3 is 5.97 Å². The molecule has 0 N–H and O–H groups in total. The molecular formula is C21H23ClN4O3. The first kappa shape index (κ1) is 20.8. The molecule has 29 heavy (non-hydrogen) atoms. The SMILES string of the molecule is CCCCn1nc(C)c(/C=C/C(=O)OCc2cc(=O)n3cccc(C)c3n2)c1Cl. The second-order valence-corrected chi connectivity index (χ2v) is 7.14. The molecule has 3 aromatic rings. The first-order valence-corrected chi connectivity index (χ1v) is 9.84. The number of aryl methyl sites for hydroxylation is 3. The molecule has 0 aromatic carbocycles. The van der Waals surface area contributed by atoms with Crippen molar-refractivity contribution in [1.29, 1.82) is 0 Å². The maximum Gasteiger partial charge on any atom is 0.331 e. The molecule has 0 spiro atoms. The van der Waals surface area contributed by atoms with Crippen LogP contribution in [0.25, 0.3) is 11.7 Å². The molecular weight excluding hydrogens is 392 g/mol. The quantitative estimate of drug-likeness (QED) is 0.435. The molecule has 0 aliphatic heterocycles. The van der Waals surface area contributed by atoms with Crippen molar-refractivity contribution >= 4 is 29.3 Å². The number of carbonyl (C=O) groups is 1. The number of halogens is 1. The van der Waals surface area contributed by atoms with Gasteiger partial charge in [-0.1, -0.05) is 31.0 Å². The fourth-order valence-electron chi connectivity index (χ4n) is 2.94. The summed E-state index contributed by atoms with van der Waals surface area (Å²) in [5.41, 5.74) is 3.02. The van der Waals surface area contributed by atoms with Crippen molar-refractivity contribution in [1.82, 2.24) is 19.2 Å². The van der Waals surface area contributed by atoms with Crippen LogP contribution < -0.4 is 5.56 Å². The van der Waals surface area contributed by atoms with Crippen molar-refractivity contribution in [2.75, 3.05) is 0 Å². The highest BCUT2D eigenvalue weighted by Crippen LogP contribution is 2.21. The van der Waals surface area contributed by atoms with E-state index in [9.17, 15) is 9.59 Å². The van der Waals surface area contributed by atoms with E-state index in [-0.39, 0.29) is 12.2 Å². The molecule has 152 valence electrons. The van der Waals surface area contributed by atoms with Gasteiger partial charge in [0.05, 0.1) is 11.4 Å². The Labute approximate surface area is 173 Å². The van der Waals surface area contributed by atoms with Gasteiger partial charge in [-0.05, 0) is 38.0 Å². The number of esters is 1. The maximum absolute atomic E-state index is 12.2. The van der Waals surface area contributed by atoms with E-state index < -0.39 is 5.97 Å². The van der Waals surface area contributed by atoms with Crippen LogP contribution in [-0.4, -0.2) is 25.1 Å². The fraction of sp³-hybridized carbons (Fsp3) is 0.333. The van der Waals surface area contributed by atoms with E-state index in [1.165, 1.54) is 16.5 Å². The highest BCUT2D eigenvalue weighted by atomic mass is 35.5. The minimum atomic E-state index is -0.548. The summed E-state index contributed by atoms with van der Waals surface area (Å²) in [7, 11) is 0. The highest BCUT2D eigenvalue weighted by molar-refractivity contribution is 6.31. The molecule has 0 fully saturated rings. The number of hydrogen-bond donors (Lipinski definition) is 0. The van der Waals surface area contributed by atoms with Crippen molar-refractivity contribution in [2.24, 2.45) is 0 Å². The Morgan fingerprint density at radius 2 is 2.14 bits per heavy atom. The van der Waals surface area contributed by atoms with E-state index in [1.54, 1.807) is 23.0 Å². The fourth-order valence-corrected chi connectivity index (χ4v) is 3.26. The van der Waals surface area contributed by atoms with Crippen molar-refractivity contribution in [3.8, 4) is 0 Å². The molecule has 3 rings (SSSR count). The van der Waals surface area contributed by atoms with Crippen LogP contribution in [0.15, 0.2) is 35.3 Å². The average molecular weight is 415 g/mol. The van der Waals surface area contributed by atoms with Crippen LogP contribution in [0.5, 0.6) is 0 Å². The first-order chi connectivity index (χ1) is 13.9. The predicted octanol–water partition coefficient (Wildman–Crippen LogP) is 3.72. The van der Waals surface area contributed by atoms with Gasteiger partial charge in [-0.25, -0.2) is 9.78 Å². The molecule has 8 heteroatoms. The molecule has 7 nitrogen and oxygen atoms in total. The van der Waals surface area contributed by atoms with Crippen LogP contribution in [0.3, 0.4) is 0 Å². The zero-order valence-corrected chi connectivity index (χ0v) is 17.4. The maximum atomic E-state index is 12.2. The molecule has 0 unspecified atom stereocenters. The summed E-state index contributed by atoms with van der Waals surface area (Å²) in [5.74, 6) is -0.548. The number of nitrogens with zero attached hydrogens (tertiary/aromatic N) is 4. The molecule has 0 aliphatic rings. The first-order valence-electron chi connectivity index (χ1n) is 9.46. The number of pyridine rings is 1. The van der Waals surface area contributed by atoms with E-state index in [4.69, 9.17) is 16.3 Å². The number of hydrogen-bond acceptors (Lipinski definition) is 5. The molecule has 0 saturated carbocycles. The molecule has 0 saturated heterocycles. The van der Waals surface area contributed by atoms with Crippen molar-refractivity contribution < 1.29 is 9.53 Å². The Morgan fingerprint density at radius 3 is 2.90 bits per heavy atom. The summed E-state index contributed by atoms with van der Waals surface area (Å²) in [6.07, 6.45) is 6.58. The number of ether oxygens (including phenoxy) is 1. The van der Waals surface area contributed by atoms with Gasteiger partial charge in [0.25, 0.3) is 5.56 Å². The number of fused-ring (bicyclic) bond motifs is 1. The molecule has 3 aromatic heterocycles. The summed E-state index contributed by atoms with van der Waals surface area (Å²) < 4.78 is 8.43. The van der Waals surface area contributed by atoms with Gasteiger partial charge in [-0.2, -0.15) is 5.10 Å². The lowest BCUT2D eigenvalue weighted by molar-refractivity contribution is -0.139. The van der Waals surface area contributed by atoms with Gasteiger partial charge in [-0.3, -0.25) is 13.9 Å². The zero-order valence-electron chi connectivity index (χ0n) is 16.7. The summed E-state index contributed by atoms with van der Waals surface area (Å²) in [5, 5.41) is 4.90. The van der Waals surface area contributed by atoms with Gasteiger partial charge in [0.2, 0.25) is 0 Å². The number of carbonyl (C=O) groups excluding carboxylic acids is 1. The lowest BCUT2D eigenvalue weighted by Crippen LogP contribution is -2.17. The third-order valence-corrected chi connectivity index (χ3v) is 4.92. The van der Waals surface area contributed by atoms with Crippen LogP contribution >= 0.6 is 11.6 Å². The summed E-state index contributed by atoms with van der Waals surface area (Å²) in [4.78, 5) is 28.7. The van der Waals surface area contributed by atoms with Crippen molar-refractivity contribution in [2.45, 2.75) is 46.8 Å². The third-order valence-electron chi connectivity index (χ3n) is 4.52. The van der Waals surface area contributed by atoms with Crippen LogP contribution in [0.1, 0.15) is 42.3 Å². The van der Waals surface area contributed by atoms with E-state index in [1.807, 2.05) is 19.9 Å². The minimum Gasteiger partial charge on any atom is -0.456 e. The second-order valence-electron chi connectivity index (χ2n) is 6.78. The lowest BCUT2D eigenvalue weighted by Gasteiger charge is -2.06. The predicted molar refractivity (Wildman–Crippen MR) is 112 cm³/mol. The monoisotopic (exact) mass is 414 g/mol. The average Bonchev–Trinajstić information content (AvgIpc) is 2.97. The summed E-state index contributed by atoms with van der Waals surface area (Å²) in [6, 6.07) is 5.02. The van der Waals surface area contributed by atoms with Crippen molar-refractivity contribution in [3.05, 3.63) is 68.5 Å². The van der Waals surface area contributed by atoms with E-state index in [0.29, 0.717) is 22.1 Å². The van der Waals surface area contributed by atoms with Gasteiger partial charge in [0, 0.05) is 30.4 Å². The Kier molecular flexibility index (Phi) is 6.49.